The molecule has 9 nitrogen and oxygen atoms in total. The van der Waals surface area contributed by atoms with Gasteiger partial charge in [0.25, 0.3) is 0 Å². The molecular weight excluding hydrogens is 563 g/mol. The van der Waals surface area contributed by atoms with Gasteiger partial charge < -0.3 is 24.5 Å². The molecule has 0 spiro atoms. The summed E-state index contributed by atoms with van der Waals surface area (Å²) in [5.41, 5.74) is 1.48. The lowest BCUT2D eigenvalue weighted by atomic mass is 9.99. The second kappa shape index (κ2) is 11.5. The van der Waals surface area contributed by atoms with Gasteiger partial charge in [0.1, 0.15) is 5.56 Å². The fourth-order valence-electron chi connectivity index (χ4n) is 5.59. The first kappa shape index (κ1) is 28.6. The van der Waals surface area contributed by atoms with Crippen molar-refractivity contribution in [3.63, 3.8) is 0 Å². The summed E-state index contributed by atoms with van der Waals surface area (Å²) in [6.45, 7) is 3.28. The van der Waals surface area contributed by atoms with Gasteiger partial charge in [-0.15, -0.1) is 0 Å². The van der Waals surface area contributed by atoms with E-state index in [1.165, 1.54) is 7.11 Å². The minimum absolute atomic E-state index is 0.208. The fraction of sp³-hybridized carbons (Fsp3) is 0.393. The molecule has 3 heterocycles. The topological polar surface area (TPSA) is 91.1 Å². The van der Waals surface area contributed by atoms with Gasteiger partial charge in [0.2, 0.25) is 0 Å². The number of carboxylic acids is 1. The maximum absolute atomic E-state index is 13.9. The van der Waals surface area contributed by atoms with E-state index in [4.69, 9.17) is 16.3 Å². The maximum atomic E-state index is 13.9. The van der Waals surface area contributed by atoms with Gasteiger partial charge in [-0.3, -0.25) is 4.68 Å². The largest absolute Gasteiger partial charge is 0.478 e. The molecule has 0 bridgehead atoms. The van der Waals surface area contributed by atoms with Crippen LogP contribution in [0.1, 0.15) is 34.9 Å². The lowest BCUT2D eigenvalue weighted by molar-refractivity contribution is -0.145. The molecule has 5 rings (SSSR count). The van der Waals surface area contributed by atoms with Crippen LogP contribution in [0, 0.1) is 0 Å². The quantitative estimate of drug-likeness (QED) is 0.410. The number of hydrogen-bond donors (Lipinski definition) is 1. The first-order valence-electron chi connectivity index (χ1n) is 13.2. The van der Waals surface area contributed by atoms with Gasteiger partial charge in [-0.25, -0.2) is 9.59 Å². The third kappa shape index (κ3) is 5.92. The molecule has 13 heteroatoms. The van der Waals surface area contributed by atoms with Crippen LogP contribution < -0.4 is 9.80 Å². The predicted molar refractivity (Wildman–Crippen MR) is 148 cm³/mol. The molecular formula is C28H29ClF3N5O4. The average Bonchev–Trinajstić information content (AvgIpc) is 3.44. The Bertz CT molecular complexity index is 1420. The molecule has 1 aromatic heterocycles. The molecule has 2 aromatic carbocycles. The molecule has 41 heavy (non-hydrogen) atoms. The van der Waals surface area contributed by atoms with Gasteiger partial charge in [0.15, 0.2) is 5.69 Å². The van der Waals surface area contributed by atoms with Crippen LogP contribution in [0.4, 0.5) is 29.3 Å². The van der Waals surface area contributed by atoms with E-state index in [1.54, 1.807) is 17.0 Å². The number of anilines is 2. The Balaban J connectivity index is 1.38. The Labute approximate surface area is 239 Å². The van der Waals surface area contributed by atoms with E-state index in [0.717, 1.165) is 33.4 Å². The summed E-state index contributed by atoms with van der Waals surface area (Å²) in [7, 11) is 1.37. The number of ether oxygens (including phenoxy) is 1. The van der Waals surface area contributed by atoms with Crippen molar-refractivity contribution >= 4 is 35.0 Å². The van der Waals surface area contributed by atoms with Crippen LogP contribution in [0.3, 0.4) is 0 Å². The van der Waals surface area contributed by atoms with Crippen LogP contribution in [-0.4, -0.2) is 78.2 Å². The summed E-state index contributed by atoms with van der Waals surface area (Å²) in [6, 6.07) is 12.8. The van der Waals surface area contributed by atoms with E-state index >= 15 is 0 Å². The number of benzene rings is 2. The van der Waals surface area contributed by atoms with Crippen LogP contribution in [-0.2, 0) is 10.9 Å². The molecule has 2 fully saturated rings. The standard InChI is InChI=1S/C28H29ClF3N5O4/c1-41-27(40)35-13-11-34(12-14-35)20-7-4-18(5-8-20)22-9-6-19(29)15-24(22)36-10-2-3-21(17-36)37-25(28(30,31)32)23(16-33-37)26(38)39/h4-9,15-16,21H,2-3,10-14,17H2,1H3,(H,38,39). The van der Waals surface area contributed by atoms with Crippen molar-refractivity contribution in [2.75, 3.05) is 56.2 Å². The molecule has 2 aliphatic rings. The monoisotopic (exact) mass is 591 g/mol. The normalized spacial score (nSPS) is 18.0. The second-order valence-corrected chi connectivity index (χ2v) is 10.5. The highest BCUT2D eigenvalue weighted by molar-refractivity contribution is 6.31. The maximum Gasteiger partial charge on any atom is 0.433 e. The van der Waals surface area contributed by atoms with Crippen LogP contribution in [0.5, 0.6) is 0 Å². The summed E-state index contributed by atoms with van der Waals surface area (Å²) in [6.07, 6.45) is -3.41. The van der Waals surface area contributed by atoms with Gasteiger partial charge >= 0.3 is 18.2 Å². The van der Waals surface area contributed by atoms with Crippen LogP contribution in [0.2, 0.25) is 5.02 Å². The molecule has 0 aliphatic carbocycles. The number of aromatic nitrogens is 2. The Morgan fingerprint density at radius 2 is 1.73 bits per heavy atom. The zero-order valence-electron chi connectivity index (χ0n) is 22.3. The number of carboxylic acid groups (broad SMARTS) is 1. The minimum atomic E-state index is -4.86. The fourth-order valence-corrected chi connectivity index (χ4v) is 5.76. The highest BCUT2D eigenvalue weighted by atomic mass is 35.5. The number of rotatable bonds is 5. The van der Waals surface area contributed by atoms with Crippen molar-refractivity contribution in [3.05, 3.63) is 64.9 Å². The molecule has 0 radical (unpaired) electrons. The van der Waals surface area contributed by atoms with Crippen LogP contribution >= 0.6 is 11.6 Å². The first-order chi connectivity index (χ1) is 19.6. The van der Waals surface area contributed by atoms with Crippen molar-refractivity contribution in [2.45, 2.75) is 25.1 Å². The molecule has 218 valence electrons. The molecule has 1 atom stereocenters. The van der Waals surface area contributed by atoms with E-state index in [2.05, 4.69) is 10.00 Å². The molecule has 3 aromatic rings. The van der Waals surface area contributed by atoms with Gasteiger partial charge in [0, 0.05) is 61.2 Å². The van der Waals surface area contributed by atoms with Gasteiger partial charge in [-0.1, -0.05) is 29.8 Å². The number of halogens is 4. The number of amides is 1. The van der Waals surface area contributed by atoms with E-state index in [0.29, 0.717) is 50.6 Å². The number of piperidine rings is 1. The number of carbonyl (C=O) groups is 2. The third-order valence-corrected chi connectivity index (χ3v) is 7.83. The summed E-state index contributed by atoms with van der Waals surface area (Å²) in [4.78, 5) is 29.1. The van der Waals surface area contributed by atoms with Crippen molar-refractivity contribution in [1.29, 1.82) is 0 Å². The first-order valence-corrected chi connectivity index (χ1v) is 13.6. The van der Waals surface area contributed by atoms with E-state index in [9.17, 15) is 27.9 Å². The van der Waals surface area contributed by atoms with Crippen molar-refractivity contribution in [1.82, 2.24) is 14.7 Å². The smallest absolute Gasteiger partial charge is 0.433 e. The highest BCUT2D eigenvalue weighted by Gasteiger charge is 2.42. The molecule has 0 saturated carbocycles. The summed E-state index contributed by atoms with van der Waals surface area (Å²) in [5.74, 6) is -1.66. The van der Waals surface area contributed by atoms with E-state index in [-0.39, 0.29) is 12.6 Å². The molecule has 2 aliphatic heterocycles. The predicted octanol–water partition coefficient (Wildman–Crippen LogP) is 5.65. The lowest BCUT2D eigenvalue weighted by Crippen LogP contribution is -2.48. The lowest BCUT2D eigenvalue weighted by Gasteiger charge is -2.36. The van der Waals surface area contributed by atoms with E-state index < -0.39 is 29.4 Å². The minimum Gasteiger partial charge on any atom is -0.478 e. The summed E-state index contributed by atoms with van der Waals surface area (Å²) in [5, 5.41) is 13.7. The van der Waals surface area contributed by atoms with Crippen molar-refractivity contribution < 1.29 is 32.6 Å². The number of nitrogens with zero attached hydrogens (tertiary/aromatic N) is 5. The molecule has 1 N–H and O–H groups in total. The number of carbonyl (C=O) groups excluding carboxylic acids is 1. The van der Waals surface area contributed by atoms with Gasteiger partial charge in [-0.2, -0.15) is 18.3 Å². The number of hydrogen-bond acceptors (Lipinski definition) is 6. The van der Waals surface area contributed by atoms with Crippen molar-refractivity contribution in [2.24, 2.45) is 0 Å². The Hall–Kier alpha value is -3.93. The summed E-state index contributed by atoms with van der Waals surface area (Å²) >= 11 is 6.37. The zero-order valence-corrected chi connectivity index (χ0v) is 23.0. The highest BCUT2D eigenvalue weighted by Crippen LogP contribution is 2.39. The summed E-state index contributed by atoms with van der Waals surface area (Å²) < 4.78 is 47.2. The molecule has 1 amide bonds. The van der Waals surface area contributed by atoms with Gasteiger partial charge in [-0.05, 0) is 42.7 Å². The number of aromatic carboxylic acids is 1. The molecule has 1 unspecified atom stereocenters. The Kier molecular flexibility index (Phi) is 8.03. The number of methoxy groups -OCH3 is 1. The number of alkyl halides is 3. The average molecular weight is 592 g/mol. The Morgan fingerprint density at radius 1 is 1.02 bits per heavy atom. The third-order valence-electron chi connectivity index (χ3n) is 7.59. The van der Waals surface area contributed by atoms with Crippen LogP contribution in [0.15, 0.2) is 48.7 Å². The SMILES string of the molecule is COC(=O)N1CCN(c2ccc(-c3ccc(Cl)cc3N3CCCC(n4ncc(C(=O)O)c4C(F)(F)F)C3)cc2)CC1. The van der Waals surface area contributed by atoms with Gasteiger partial charge in [0.05, 0.1) is 19.3 Å². The second-order valence-electron chi connectivity index (χ2n) is 10.0. The van der Waals surface area contributed by atoms with Crippen molar-refractivity contribution in [3.8, 4) is 11.1 Å². The van der Waals surface area contributed by atoms with E-state index in [1.807, 2.05) is 35.2 Å². The number of piperazine rings is 1. The molecule has 2 saturated heterocycles. The van der Waals surface area contributed by atoms with Crippen LogP contribution in [0.25, 0.3) is 11.1 Å². The zero-order chi connectivity index (χ0) is 29.3. The Morgan fingerprint density at radius 3 is 2.37 bits per heavy atom.